The molecule has 0 heterocycles. The molecule has 0 saturated carbocycles. The average Bonchev–Trinajstić information content (AvgIpc) is 2.57. The fourth-order valence-electron chi connectivity index (χ4n) is 1.42. The van der Waals surface area contributed by atoms with Gasteiger partial charge in [-0.1, -0.05) is 76.6 Å². The fraction of sp³-hybridized carbons (Fsp3) is 0.316. The first-order valence-corrected chi connectivity index (χ1v) is 7.47. The number of rotatable bonds is 3. The van der Waals surface area contributed by atoms with Crippen LogP contribution in [0.4, 0.5) is 0 Å². The van der Waals surface area contributed by atoms with Gasteiger partial charge < -0.3 is 4.74 Å². The number of benzene rings is 2. The summed E-state index contributed by atoms with van der Waals surface area (Å²) in [5, 5.41) is 8.89. The zero-order valence-electron chi connectivity index (χ0n) is 13.5. The highest BCUT2D eigenvalue weighted by atomic mass is 16.5. The lowest BCUT2D eigenvalue weighted by molar-refractivity contribution is 0.305. The van der Waals surface area contributed by atoms with Crippen LogP contribution in [-0.4, -0.2) is 0 Å². The van der Waals surface area contributed by atoms with Crippen LogP contribution in [0.3, 0.4) is 0 Å². The van der Waals surface area contributed by atoms with E-state index in [1.165, 1.54) is 6.42 Å². The van der Waals surface area contributed by atoms with Gasteiger partial charge >= 0.3 is 0 Å². The standard InChI is InChI=1S/C14H11NO.C3H8.C2H6/c15-10-13-8-4-5-9-14(13)16-11-12-6-2-1-3-7-12;1-3-2;1-2/h1-9H,11H2;3H2,1-2H3;1-2H3. The Morgan fingerprint density at radius 3 is 2.00 bits per heavy atom. The number of hydrogen-bond donors (Lipinski definition) is 0. The van der Waals surface area contributed by atoms with E-state index in [2.05, 4.69) is 19.9 Å². The molecular formula is C19H25NO. The maximum Gasteiger partial charge on any atom is 0.137 e. The van der Waals surface area contributed by atoms with Gasteiger partial charge in [0.05, 0.1) is 5.56 Å². The van der Waals surface area contributed by atoms with Crippen LogP contribution < -0.4 is 4.74 Å². The Hall–Kier alpha value is -2.27. The Morgan fingerprint density at radius 2 is 1.43 bits per heavy atom. The smallest absolute Gasteiger partial charge is 0.137 e. The molecule has 112 valence electrons. The summed E-state index contributed by atoms with van der Waals surface area (Å²) in [5.74, 6) is 0.633. The molecule has 0 amide bonds. The number of nitriles is 1. The Morgan fingerprint density at radius 1 is 0.905 bits per heavy atom. The van der Waals surface area contributed by atoms with Crippen molar-refractivity contribution in [3.63, 3.8) is 0 Å². The zero-order chi connectivity index (χ0) is 15.9. The van der Waals surface area contributed by atoms with E-state index in [0.717, 1.165) is 5.56 Å². The molecule has 0 aliphatic heterocycles. The largest absolute Gasteiger partial charge is 0.488 e. The first kappa shape index (κ1) is 18.7. The van der Waals surface area contributed by atoms with Gasteiger partial charge in [0.1, 0.15) is 18.4 Å². The molecule has 2 aromatic rings. The molecule has 0 aliphatic carbocycles. The molecule has 0 fully saturated rings. The highest BCUT2D eigenvalue weighted by molar-refractivity contribution is 5.42. The van der Waals surface area contributed by atoms with Crippen molar-refractivity contribution in [3.8, 4) is 11.8 Å². The molecule has 0 aliphatic rings. The van der Waals surface area contributed by atoms with Crippen LogP contribution in [0, 0.1) is 11.3 Å². The Labute approximate surface area is 129 Å². The third kappa shape index (κ3) is 7.79. The van der Waals surface area contributed by atoms with Crippen molar-refractivity contribution in [1.82, 2.24) is 0 Å². The van der Waals surface area contributed by atoms with E-state index in [0.29, 0.717) is 17.9 Å². The highest BCUT2D eigenvalue weighted by Crippen LogP contribution is 2.17. The van der Waals surface area contributed by atoms with Crippen molar-refractivity contribution in [2.24, 2.45) is 0 Å². The molecule has 0 aromatic heterocycles. The minimum absolute atomic E-state index is 0.486. The molecule has 0 unspecified atom stereocenters. The van der Waals surface area contributed by atoms with Gasteiger partial charge in [-0.15, -0.1) is 0 Å². The third-order valence-corrected chi connectivity index (χ3v) is 2.24. The normalized spacial score (nSPS) is 8.33. The lowest BCUT2D eigenvalue weighted by Crippen LogP contribution is -1.96. The lowest BCUT2D eigenvalue weighted by atomic mass is 10.2. The van der Waals surface area contributed by atoms with Crippen LogP contribution in [-0.2, 0) is 6.61 Å². The summed E-state index contributed by atoms with van der Waals surface area (Å²) in [6.45, 7) is 8.74. The molecule has 2 aromatic carbocycles. The van der Waals surface area contributed by atoms with Crippen LogP contribution >= 0.6 is 0 Å². The van der Waals surface area contributed by atoms with Crippen molar-refractivity contribution in [2.75, 3.05) is 0 Å². The molecule has 21 heavy (non-hydrogen) atoms. The predicted molar refractivity (Wildman–Crippen MR) is 89.2 cm³/mol. The predicted octanol–water partition coefficient (Wildman–Crippen LogP) is 5.58. The van der Waals surface area contributed by atoms with Gasteiger partial charge in [0.25, 0.3) is 0 Å². The van der Waals surface area contributed by atoms with E-state index in [1.807, 2.05) is 62.4 Å². The van der Waals surface area contributed by atoms with E-state index < -0.39 is 0 Å². The van der Waals surface area contributed by atoms with Gasteiger partial charge in [-0.25, -0.2) is 0 Å². The summed E-state index contributed by atoms with van der Waals surface area (Å²) in [7, 11) is 0. The number of nitrogens with zero attached hydrogens (tertiary/aromatic N) is 1. The quantitative estimate of drug-likeness (QED) is 0.736. The van der Waals surface area contributed by atoms with Crippen LogP contribution in [0.15, 0.2) is 54.6 Å². The molecule has 0 saturated heterocycles. The Bertz CT molecular complexity index is 515. The summed E-state index contributed by atoms with van der Waals surface area (Å²) in [5.41, 5.74) is 1.66. The molecule has 2 heteroatoms. The van der Waals surface area contributed by atoms with Crippen LogP contribution in [0.5, 0.6) is 5.75 Å². The maximum atomic E-state index is 8.89. The van der Waals surface area contributed by atoms with Crippen molar-refractivity contribution in [1.29, 1.82) is 5.26 Å². The van der Waals surface area contributed by atoms with E-state index in [4.69, 9.17) is 10.00 Å². The number of hydrogen-bond acceptors (Lipinski definition) is 2. The van der Waals surface area contributed by atoms with Gasteiger partial charge in [-0.3, -0.25) is 0 Å². The van der Waals surface area contributed by atoms with Crippen molar-refractivity contribution < 1.29 is 4.74 Å². The molecular weight excluding hydrogens is 258 g/mol. The maximum absolute atomic E-state index is 8.89. The summed E-state index contributed by atoms with van der Waals surface area (Å²) in [4.78, 5) is 0. The minimum Gasteiger partial charge on any atom is -0.488 e. The van der Waals surface area contributed by atoms with Gasteiger partial charge in [-0.05, 0) is 17.7 Å². The highest BCUT2D eigenvalue weighted by Gasteiger charge is 2.01. The second kappa shape index (κ2) is 12.7. The SMILES string of the molecule is CC.CCC.N#Cc1ccccc1OCc1ccccc1. The van der Waals surface area contributed by atoms with Gasteiger partial charge in [0, 0.05) is 0 Å². The number of para-hydroxylation sites is 1. The summed E-state index contributed by atoms with van der Waals surface area (Å²) in [6, 6.07) is 19.2. The molecule has 2 rings (SSSR count). The van der Waals surface area contributed by atoms with Crippen LogP contribution in [0.2, 0.25) is 0 Å². The van der Waals surface area contributed by atoms with Crippen molar-refractivity contribution in [3.05, 3.63) is 65.7 Å². The summed E-state index contributed by atoms with van der Waals surface area (Å²) < 4.78 is 5.59. The Kier molecular flexibility index (Phi) is 11.4. The Balaban J connectivity index is 0.000000713. The lowest BCUT2D eigenvalue weighted by Gasteiger charge is -2.07. The second-order valence-electron chi connectivity index (χ2n) is 4.09. The van der Waals surface area contributed by atoms with Gasteiger partial charge in [0.2, 0.25) is 0 Å². The van der Waals surface area contributed by atoms with Crippen LogP contribution in [0.1, 0.15) is 45.2 Å². The zero-order valence-corrected chi connectivity index (χ0v) is 13.5. The van der Waals surface area contributed by atoms with E-state index in [9.17, 15) is 0 Å². The van der Waals surface area contributed by atoms with Crippen molar-refractivity contribution in [2.45, 2.75) is 40.7 Å². The molecule has 0 N–H and O–H groups in total. The monoisotopic (exact) mass is 283 g/mol. The first-order valence-electron chi connectivity index (χ1n) is 7.47. The number of ether oxygens (including phenoxy) is 1. The van der Waals surface area contributed by atoms with Gasteiger partial charge in [0.15, 0.2) is 0 Å². The molecule has 2 nitrogen and oxygen atoms in total. The molecule has 0 atom stereocenters. The van der Waals surface area contributed by atoms with E-state index >= 15 is 0 Å². The topological polar surface area (TPSA) is 33.0 Å². The minimum atomic E-state index is 0.486. The second-order valence-corrected chi connectivity index (χ2v) is 4.09. The van der Waals surface area contributed by atoms with Gasteiger partial charge in [-0.2, -0.15) is 5.26 Å². The molecule has 0 spiro atoms. The first-order chi connectivity index (χ1) is 10.3. The average molecular weight is 283 g/mol. The molecule has 0 bridgehead atoms. The molecule has 0 radical (unpaired) electrons. The third-order valence-electron chi connectivity index (χ3n) is 2.24. The fourth-order valence-corrected chi connectivity index (χ4v) is 1.42. The summed E-state index contributed by atoms with van der Waals surface area (Å²) >= 11 is 0. The van der Waals surface area contributed by atoms with Crippen molar-refractivity contribution >= 4 is 0 Å². The van der Waals surface area contributed by atoms with E-state index in [1.54, 1.807) is 6.07 Å². The van der Waals surface area contributed by atoms with Crippen LogP contribution in [0.25, 0.3) is 0 Å². The van der Waals surface area contributed by atoms with E-state index in [-0.39, 0.29) is 0 Å². The summed E-state index contributed by atoms with van der Waals surface area (Å²) in [6.07, 6.45) is 1.25.